The highest BCUT2D eigenvalue weighted by Gasteiger charge is 2.15. The lowest BCUT2D eigenvalue weighted by atomic mass is 10.0. The van der Waals surface area contributed by atoms with Crippen molar-refractivity contribution in [3.05, 3.63) is 63.1 Å². The van der Waals surface area contributed by atoms with Crippen LogP contribution in [0.5, 0.6) is 0 Å². The Morgan fingerprint density at radius 2 is 1.75 bits per heavy atom. The predicted octanol–water partition coefficient (Wildman–Crippen LogP) is 5.75. The maximum Gasteiger partial charge on any atom is 0.128 e. The van der Waals surface area contributed by atoms with Crippen LogP contribution in [0.4, 0.5) is 14.5 Å². The Bertz CT molecular complexity index is 644. The minimum Gasteiger partial charge on any atom is -0.377 e. The van der Waals surface area contributed by atoms with Crippen LogP contribution >= 0.6 is 23.2 Å². The molecule has 20 heavy (non-hydrogen) atoms. The molecule has 0 spiro atoms. The number of aryl methyl sites for hydroxylation is 1. The van der Waals surface area contributed by atoms with E-state index in [1.165, 1.54) is 19.1 Å². The summed E-state index contributed by atoms with van der Waals surface area (Å²) >= 11 is 11.9. The van der Waals surface area contributed by atoms with Gasteiger partial charge in [0.2, 0.25) is 0 Å². The molecular formula is C15H13Cl2F2N. The molecule has 2 aromatic rings. The maximum atomic E-state index is 13.9. The van der Waals surface area contributed by atoms with Gasteiger partial charge in [-0.05, 0) is 49.7 Å². The van der Waals surface area contributed by atoms with Crippen molar-refractivity contribution in [1.82, 2.24) is 0 Å². The van der Waals surface area contributed by atoms with Crippen LogP contribution < -0.4 is 5.32 Å². The van der Waals surface area contributed by atoms with E-state index in [-0.39, 0.29) is 11.1 Å². The van der Waals surface area contributed by atoms with E-state index in [1.54, 1.807) is 25.1 Å². The summed E-state index contributed by atoms with van der Waals surface area (Å²) in [7, 11) is 0. The molecule has 1 nitrogen and oxygen atoms in total. The fourth-order valence-electron chi connectivity index (χ4n) is 1.91. The quantitative estimate of drug-likeness (QED) is 0.760. The summed E-state index contributed by atoms with van der Waals surface area (Å²) in [4.78, 5) is 0. The van der Waals surface area contributed by atoms with Gasteiger partial charge in [-0.3, -0.25) is 0 Å². The maximum absolute atomic E-state index is 13.9. The van der Waals surface area contributed by atoms with Crippen molar-refractivity contribution in [3.8, 4) is 0 Å². The molecule has 0 aliphatic carbocycles. The Hall–Kier alpha value is -1.32. The Morgan fingerprint density at radius 3 is 2.45 bits per heavy atom. The third-order valence-electron chi connectivity index (χ3n) is 3.04. The number of rotatable bonds is 3. The topological polar surface area (TPSA) is 12.0 Å². The van der Waals surface area contributed by atoms with Gasteiger partial charge >= 0.3 is 0 Å². The second-order valence-electron chi connectivity index (χ2n) is 4.61. The van der Waals surface area contributed by atoms with Gasteiger partial charge in [-0.2, -0.15) is 0 Å². The van der Waals surface area contributed by atoms with Crippen molar-refractivity contribution in [2.75, 3.05) is 5.32 Å². The average Bonchev–Trinajstić information content (AvgIpc) is 2.38. The van der Waals surface area contributed by atoms with E-state index < -0.39 is 17.7 Å². The molecule has 5 heteroatoms. The number of hydrogen-bond donors (Lipinski definition) is 1. The van der Waals surface area contributed by atoms with Crippen molar-refractivity contribution in [3.63, 3.8) is 0 Å². The van der Waals surface area contributed by atoms with E-state index in [0.29, 0.717) is 15.7 Å². The SMILES string of the molecule is Cc1cc(F)c(C(C)Nc2cc(Cl)ccc2Cl)cc1F. The summed E-state index contributed by atoms with van der Waals surface area (Å²) < 4.78 is 27.5. The molecule has 106 valence electrons. The molecule has 0 aromatic heterocycles. The normalized spacial score (nSPS) is 12.3. The lowest BCUT2D eigenvalue weighted by Gasteiger charge is -2.18. The van der Waals surface area contributed by atoms with E-state index in [2.05, 4.69) is 5.32 Å². The van der Waals surface area contributed by atoms with Gasteiger partial charge in [0, 0.05) is 10.6 Å². The molecule has 0 heterocycles. The van der Waals surface area contributed by atoms with Crippen molar-refractivity contribution >= 4 is 28.9 Å². The zero-order valence-electron chi connectivity index (χ0n) is 11.0. The minimum atomic E-state index is -0.456. The monoisotopic (exact) mass is 315 g/mol. The fraction of sp³-hybridized carbons (Fsp3) is 0.200. The van der Waals surface area contributed by atoms with Crippen LogP contribution in [0, 0.1) is 18.6 Å². The standard InChI is InChI=1S/C15H13Cl2F2N/c1-8-5-14(19)11(7-13(8)18)9(2)20-15-6-10(16)3-4-12(15)17/h3-7,9,20H,1-2H3. The summed E-state index contributed by atoms with van der Waals surface area (Å²) in [6, 6.07) is 6.88. The highest BCUT2D eigenvalue weighted by molar-refractivity contribution is 6.35. The van der Waals surface area contributed by atoms with Gasteiger partial charge in [0.25, 0.3) is 0 Å². The number of nitrogens with one attached hydrogen (secondary N) is 1. The molecule has 0 saturated heterocycles. The molecule has 0 saturated carbocycles. The van der Waals surface area contributed by atoms with Crippen LogP contribution in [-0.2, 0) is 0 Å². The molecule has 0 aliphatic heterocycles. The first-order valence-electron chi connectivity index (χ1n) is 6.05. The first kappa shape index (κ1) is 15.1. The smallest absolute Gasteiger partial charge is 0.128 e. The fourth-order valence-corrected chi connectivity index (χ4v) is 2.26. The summed E-state index contributed by atoms with van der Waals surface area (Å²) in [5, 5.41) is 4.01. The molecule has 0 aliphatic rings. The van der Waals surface area contributed by atoms with Gasteiger partial charge in [-0.25, -0.2) is 8.78 Å². The summed E-state index contributed by atoms with van der Waals surface area (Å²) in [6.45, 7) is 3.25. The predicted molar refractivity (Wildman–Crippen MR) is 79.6 cm³/mol. The van der Waals surface area contributed by atoms with Crippen LogP contribution in [-0.4, -0.2) is 0 Å². The molecule has 0 radical (unpaired) electrons. The van der Waals surface area contributed by atoms with E-state index in [9.17, 15) is 8.78 Å². The van der Waals surface area contributed by atoms with Crippen LogP contribution in [0.3, 0.4) is 0 Å². The average molecular weight is 316 g/mol. The largest absolute Gasteiger partial charge is 0.377 e. The second kappa shape index (κ2) is 5.98. The van der Waals surface area contributed by atoms with Crippen molar-refractivity contribution in [1.29, 1.82) is 0 Å². The molecule has 0 fully saturated rings. The van der Waals surface area contributed by atoms with Gasteiger partial charge in [-0.1, -0.05) is 23.2 Å². The molecule has 1 N–H and O–H groups in total. The van der Waals surface area contributed by atoms with Crippen LogP contribution in [0.25, 0.3) is 0 Å². The van der Waals surface area contributed by atoms with Crippen LogP contribution in [0.1, 0.15) is 24.1 Å². The molecule has 2 aromatic carbocycles. The first-order chi connectivity index (χ1) is 9.38. The highest BCUT2D eigenvalue weighted by atomic mass is 35.5. The summed E-state index contributed by atoms with van der Waals surface area (Å²) in [6.07, 6.45) is 0. The second-order valence-corrected chi connectivity index (χ2v) is 5.46. The molecule has 0 bridgehead atoms. The Kier molecular flexibility index (Phi) is 4.51. The van der Waals surface area contributed by atoms with E-state index in [4.69, 9.17) is 23.2 Å². The van der Waals surface area contributed by atoms with Crippen LogP contribution in [0.15, 0.2) is 30.3 Å². The number of hydrogen-bond acceptors (Lipinski definition) is 1. The number of halogens is 4. The lowest BCUT2D eigenvalue weighted by Crippen LogP contribution is -2.10. The van der Waals surface area contributed by atoms with Gasteiger partial charge < -0.3 is 5.32 Å². The summed E-state index contributed by atoms with van der Waals surface area (Å²) in [5.41, 5.74) is 1.09. The van der Waals surface area contributed by atoms with Crippen molar-refractivity contribution in [2.45, 2.75) is 19.9 Å². The van der Waals surface area contributed by atoms with Crippen molar-refractivity contribution < 1.29 is 8.78 Å². The van der Waals surface area contributed by atoms with Gasteiger partial charge in [0.1, 0.15) is 11.6 Å². The van der Waals surface area contributed by atoms with Gasteiger partial charge in [-0.15, -0.1) is 0 Å². The van der Waals surface area contributed by atoms with E-state index >= 15 is 0 Å². The van der Waals surface area contributed by atoms with Gasteiger partial charge in [0.05, 0.1) is 16.8 Å². The summed E-state index contributed by atoms with van der Waals surface area (Å²) in [5.74, 6) is -0.894. The zero-order chi connectivity index (χ0) is 14.9. The highest BCUT2D eigenvalue weighted by Crippen LogP contribution is 2.30. The molecular weight excluding hydrogens is 303 g/mol. The van der Waals surface area contributed by atoms with E-state index in [0.717, 1.165) is 0 Å². The van der Waals surface area contributed by atoms with Crippen LogP contribution in [0.2, 0.25) is 10.0 Å². The molecule has 2 rings (SSSR count). The Morgan fingerprint density at radius 1 is 1.05 bits per heavy atom. The third kappa shape index (κ3) is 3.22. The Labute approximate surface area is 126 Å². The van der Waals surface area contributed by atoms with E-state index in [1.807, 2.05) is 0 Å². The zero-order valence-corrected chi connectivity index (χ0v) is 12.5. The number of anilines is 1. The first-order valence-corrected chi connectivity index (χ1v) is 6.81. The third-order valence-corrected chi connectivity index (χ3v) is 3.61. The molecule has 1 unspecified atom stereocenters. The van der Waals surface area contributed by atoms with Gasteiger partial charge in [0.15, 0.2) is 0 Å². The lowest BCUT2D eigenvalue weighted by molar-refractivity contribution is 0.571. The number of benzene rings is 2. The molecule has 0 amide bonds. The Balaban J connectivity index is 2.30. The molecule has 1 atom stereocenters. The minimum absolute atomic E-state index is 0.240. The van der Waals surface area contributed by atoms with Crippen molar-refractivity contribution in [2.24, 2.45) is 0 Å².